The van der Waals surface area contributed by atoms with Gasteiger partial charge >= 0.3 is 0 Å². The third-order valence-electron chi connectivity index (χ3n) is 2.99. The van der Waals surface area contributed by atoms with E-state index in [9.17, 15) is 0 Å². The molecule has 1 aliphatic heterocycles. The van der Waals surface area contributed by atoms with E-state index in [0.29, 0.717) is 11.7 Å². The van der Waals surface area contributed by atoms with E-state index in [2.05, 4.69) is 11.4 Å². The van der Waals surface area contributed by atoms with Crippen LogP contribution in [0.2, 0.25) is 0 Å². The van der Waals surface area contributed by atoms with Crippen molar-refractivity contribution < 1.29 is 4.74 Å². The molecular weight excluding hydrogens is 202 g/mol. The van der Waals surface area contributed by atoms with E-state index >= 15 is 0 Å². The lowest BCUT2D eigenvalue weighted by molar-refractivity contribution is 0.0776. The predicted octanol–water partition coefficient (Wildman–Crippen LogP) is 1.17. The van der Waals surface area contributed by atoms with Crippen molar-refractivity contribution in [2.45, 2.75) is 25.4 Å². The van der Waals surface area contributed by atoms with Gasteiger partial charge in [-0.05, 0) is 24.5 Å². The monoisotopic (exact) mass is 219 g/mol. The van der Waals surface area contributed by atoms with Gasteiger partial charge in [0.15, 0.2) is 0 Å². The highest BCUT2D eigenvalue weighted by Gasteiger charge is 2.13. The van der Waals surface area contributed by atoms with E-state index < -0.39 is 0 Å². The van der Waals surface area contributed by atoms with Gasteiger partial charge in [-0.2, -0.15) is 5.26 Å². The minimum atomic E-state index is 0.555. The Kier molecular flexibility index (Phi) is 3.60. The molecule has 1 aromatic rings. The van der Waals surface area contributed by atoms with Crippen molar-refractivity contribution in [1.29, 1.82) is 5.26 Å². The number of nitrogens with one attached hydrogen (secondary N) is 1. The van der Waals surface area contributed by atoms with Gasteiger partial charge in [-0.1, -0.05) is 0 Å². The Morgan fingerprint density at radius 2 is 2.31 bits per heavy atom. The van der Waals surface area contributed by atoms with E-state index in [0.717, 1.165) is 32.6 Å². The second-order valence-electron chi connectivity index (χ2n) is 4.22. The number of ether oxygens (including phenoxy) is 1. The molecule has 4 heteroatoms. The largest absolute Gasteiger partial charge is 0.381 e. The molecule has 2 rings (SSSR count). The fourth-order valence-electron chi connectivity index (χ4n) is 2.00. The zero-order valence-electron chi connectivity index (χ0n) is 9.57. The smallest absolute Gasteiger partial charge is 0.120 e. The molecule has 4 nitrogen and oxygen atoms in total. The Hall–Kier alpha value is -1.31. The molecule has 0 aromatic carbocycles. The van der Waals surface area contributed by atoms with Gasteiger partial charge in [0, 0.05) is 39.0 Å². The van der Waals surface area contributed by atoms with Crippen molar-refractivity contribution in [3.8, 4) is 6.07 Å². The lowest BCUT2D eigenvalue weighted by atomic mass is 10.1. The highest BCUT2D eigenvalue weighted by Crippen LogP contribution is 2.09. The predicted molar refractivity (Wildman–Crippen MR) is 60.8 cm³/mol. The van der Waals surface area contributed by atoms with Crippen LogP contribution in [0.4, 0.5) is 0 Å². The van der Waals surface area contributed by atoms with E-state index in [1.165, 1.54) is 5.56 Å². The summed E-state index contributed by atoms with van der Waals surface area (Å²) in [6.07, 6.45) is 4.17. The first-order valence-electron chi connectivity index (χ1n) is 5.66. The summed E-state index contributed by atoms with van der Waals surface area (Å²) in [5, 5.41) is 12.3. The second-order valence-corrected chi connectivity index (χ2v) is 4.22. The Morgan fingerprint density at radius 1 is 1.56 bits per heavy atom. The average molecular weight is 219 g/mol. The maximum absolute atomic E-state index is 8.84. The van der Waals surface area contributed by atoms with Gasteiger partial charge < -0.3 is 14.6 Å². The van der Waals surface area contributed by atoms with Crippen molar-refractivity contribution in [2.75, 3.05) is 13.2 Å². The Balaban J connectivity index is 1.86. The van der Waals surface area contributed by atoms with Crippen LogP contribution in [0.15, 0.2) is 12.3 Å². The minimum Gasteiger partial charge on any atom is -0.381 e. The summed E-state index contributed by atoms with van der Waals surface area (Å²) in [5.74, 6) is 0. The topological polar surface area (TPSA) is 50.0 Å². The first-order chi connectivity index (χ1) is 7.79. The highest BCUT2D eigenvalue weighted by molar-refractivity contribution is 5.28. The third kappa shape index (κ3) is 2.63. The molecule has 1 saturated heterocycles. The van der Waals surface area contributed by atoms with Gasteiger partial charge in [-0.15, -0.1) is 0 Å². The molecule has 0 spiro atoms. The van der Waals surface area contributed by atoms with Crippen molar-refractivity contribution in [2.24, 2.45) is 7.05 Å². The summed E-state index contributed by atoms with van der Waals surface area (Å²) in [7, 11) is 1.90. The fraction of sp³-hybridized carbons (Fsp3) is 0.583. The number of rotatable bonds is 3. The summed E-state index contributed by atoms with van der Waals surface area (Å²) < 4.78 is 7.17. The molecule has 86 valence electrons. The summed E-state index contributed by atoms with van der Waals surface area (Å²) >= 11 is 0. The van der Waals surface area contributed by atoms with Crippen LogP contribution in [0, 0.1) is 11.3 Å². The van der Waals surface area contributed by atoms with Gasteiger partial charge in [0.2, 0.25) is 0 Å². The maximum Gasteiger partial charge on any atom is 0.120 e. The molecule has 0 radical (unpaired) electrons. The van der Waals surface area contributed by atoms with Crippen molar-refractivity contribution in [3.05, 3.63) is 23.5 Å². The minimum absolute atomic E-state index is 0.555. The molecule has 2 heterocycles. The van der Waals surface area contributed by atoms with Crippen LogP contribution in [0.5, 0.6) is 0 Å². The van der Waals surface area contributed by atoms with Crippen LogP contribution in [0.1, 0.15) is 24.1 Å². The van der Waals surface area contributed by atoms with Gasteiger partial charge in [0.25, 0.3) is 0 Å². The Bertz CT molecular complexity index is 385. The molecule has 1 N–H and O–H groups in total. The van der Waals surface area contributed by atoms with Crippen LogP contribution < -0.4 is 5.32 Å². The standard InChI is InChI=1S/C12H17N3O/c1-15-9-10(6-12(15)7-13)8-14-11-2-4-16-5-3-11/h6,9,11,14H,2-5,8H2,1H3. The molecule has 0 amide bonds. The molecular formula is C12H17N3O. The highest BCUT2D eigenvalue weighted by atomic mass is 16.5. The molecule has 0 unspecified atom stereocenters. The molecule has 0 atom stereocenters. The fourth-order valence-corrected chi connectivity index (χ4v) is 2.00. The SMILES string of the molecule is Cn1cc(CNC2CCOCC2)cc1C#N. The van der Waals surface area contributed by atoms with Gasteiger partial charge in [0.05, 0.1) is 0 Å². The van der Waals surface area contributed by atoms with Crippen molar-refractivity contribution in [3.63, 3.8) is 0 Å². The van der Waals surface area contributed by atoms with E-state index in [1.54, 1.807) is 0 Å². The lowest BCUT2D eigenvalue weighted by Gasteiger charge is -2.22. The van der Waals surface area contributed by atoms with Crippen LogP contribution in [-0.4, -0.2) is 23.8 Å². The third-order valence-corrected chi connectivity index (χ3v) is 2.99. The quantitative estimate of drug-likeness (QED) is 0.830. The summed E-state index contributed by atoms with van der Waals surface area (Å²) in [4.78, 5) is 0. The number of hydrogen-bond donors (Lipinski definition) is 1. The van der Waals surface area contributed by atoms with Crippen LogP contribution in [-0.2, 0) is 18.3 Å². The van der Waals surface area contributed by atoms with Crippen molar-refractivity contribution >= 4 is 0 Å². The van der Waals surface area contributed by atoms with E-state index in [4.69, 9.17) is 10.00 Å². The number of hydrogen-bond acceptors (Lipinski definition) is 3. The molecule has 1 aromatic heterocycles. The van der Waals surface area contributed by atoms with Crippen LogP contribution in [0.3, 0.4) is 0 Å². The normalized spacial score (nSPS) is 17.2. The molecule has 0 bridgehead atoms. The molecule has 1 aliphatic rings. The average Bonchev–Trinajstić information content (AvgIpc) is 2.69. The molecule has 0 saturated carbocycles. The zero-order valence-corrected chi connectivity index (χ0v) is 9.57. The first-order valence-corrected chi connectivity index (χ1v) is 5.66. The van der Waals surface area contributed by atoms with E-state index in [-0.39, 0.29) is 0 Å². The Morgan fingerprint density at radius 3 is 2.94 bits per heavy atom. The van der Waals surface area contributed by atoms with Crippen molar-refractivity contribution in [1.82, 2.24) is 9.88 Å². The van der Waals surface area contributed by atoms with Crippen LogP contribution >= 0.6 is 0 Å². The first kappa shape index (κ1) is 11.2. The van der Waals surface area contributed by atoms with Gasteiger partial charge in [0.1, 0.15) is 11.8 Å². The number of nitrogens with zero attached hydrogens (tertiary/aromatic N) is 2. The zero-order chi connectivity index (χ0) is 11.4. The molecule has 16 heavy (non-hydrogen) atoms. The second kappa shape index (κ2) is 5.15. The molecule has 0 aliphatic carbocycles. The summed E-state index contributed by atoms with van der Waals surface area (Å²) in [6, 6.07) is 4.66. The van der Waals surface area contributed by atoms with Gasteiger partial charge in [-0.25, -0.2) is 0 Å². The Labute approximate surface area is 95.8 Å². The van der Waals surface area contributed by atoms with Gasteiger partial charge in [-0.3, -0.25) is 0 Å². The summed E-state index contributed by atoms with van der Waals surface area (Å²) in [6.45, 7) is 2.55. The van der Waals surface area contributed by atoms with Crippen LogP contribution in [0.25, 0.3) is 0 Å². The van der Waals surface area contributed by atoms with E-state index in [1.807, 2.05) is 23.9 Å². The number of nitriles is 1. The molecule has 1 fully saturated rings. The number of aromatic nitrogens is 1. The summed E-state index contributed by atoms with van der Waals surface area (Å²) in [5.41, 5.74) is 1.88. The number of aryl methyl sites for hydroxylation is 1. The lowest BCUT2D eigenvalue weighted by Crippen LogP contribution is -2.34. The maximum atomic E-state index is 8.84.